The van der Waals surface area contributed by atoms with Gasteiger partial charge < -0.3 is 10.1 Å². The van der Waals surface area contributed by atoms with E-state index in [-0.39, 0.29) is 5.78 Å². The van der Waals surface area contributed by atoms with E-state index in [0.29, 0.717) is 22.5 Å². The highest BCUT2D eigenvalue weighted by atomic mass is 16.5. The van der Waals surface area contributed by atoms with Crippen LogP contribution < -0.4 is 5.32 Å². The number of esters is 1. The first kappa shape index (κ1) is 20.9. The number of aryl methyl sites for hydroxylation is 1. The zero-order valence-electron chi connectivity index (χ0n) is 17.0. The van der Waals surface area contributed by atoms with Crippen molar-refractivity contribution in [3.63, 3.8) is 0 Å². The molecule has 152 valence electrons. The number of rotatable bonds is 6. The van der Waals surface area contributed by atoms with Gasteiger partial charge in [0.25, 0.3) is 5.91 Å². The van der Waals surface area contributed by atoms with E-state index in [4.69, 9.17) is 4.74 Å². The molecule has 0 fully saturated rings. The predicted molar refractivity (Wildman–Crippen MR) is 114 cm³/mol. The molecule has 30 heavy (non-hydrogen) atoms. The lowest BCUT2D eigenvalue weighted by Crippen LogP contribution is -2.30. The number of Topliss-reactive ketones (excluding diaryl/α,β-unsaturated/α-hetero) is 1. The molecule has 3 rings (SSSR count). The van der Waals surface area contributed by atoms with Gasteiger partial charge in [0.2, 0.25) is 0 Å². The Hall–Kier alpha value is -3.80. The third-order valence-corrected chi connectivity index (χ3v) is 4.56. The van der Waals surface area contributed by atoms with Crippen LogP contribution in [-0.2, 0) is 9.53 Å². The number of carbonyl (C=O) groups excluding carboxylic acids is 3. The SMILES string of the molecule is CC(=O)c1cccc(NC(=O)C(C)OC(=O)c2ccc(-c3ccccc3)nc2C)c1. The minimum atomic E-state index is -1.02. The highest BCUT2D eigenvalue weighted by molar-refractivity contribution is 5.99. The van der Waals surface area contributed by atoms with Crippen molar-refractivity contribution in [3.05, 3.63) is 83.6 Å². The maximum atomic E-state index is 12.5. The quantitative estimate of drug-likeness (QED) is 0.487. The molecule has 0 saturated carbocycles. The van der Waals surface area contributed by atoms with Crippen LogP contribution in [0.25, 0.3) is 11.3 Å². The Labute approximate surface area is 174 Å². The molecule has 0 spiro atoms. The second kappa shape index (κ2) is 9.13. The van der Waals surface area contributed by atoms with E-state index >= 15 is 0 Å². The molecule has 6 heteroatoms. The molecule has 1 unspecified atom stereocenters. The van der Waals surface area contributed by atoms with E-state index in [1.165, 1.54) is 13.8 Å². The number of hydrogen-bond acceptors (Lipinski definition) is 5. The smallest absolute Gasteiger partial charge is 0.340 e. The largest absolute Gasteiger partial charge is 0.449 e. The minimum absolute atomic E-state index is 0.104. The minimum Gasteiger partial charge on any atom is -0.449 e. The molecule has 6 nitrogen and oxygen atoms in total. The summed E-state index contributed by atoms with van der Waals surface area (Å²) in [5, 5.41) is 2.66. The van der Waals surface area contributed by atoms with E-state index in [1.807, 2.05) is 30.3 Å². The van der Waals surface area contributed by atoms with E-state index < -0.39 is 18.0 Å². The summed E-state index contributed by atoms with van der Waals surface area (Å²) >= 11 is 0. The van der Waals surface area contributed by atoms with Gasteiger partial charge in [-0.1, -0.05) is 42.5 Å². The van der Waals surface area contributed by atoms with Crippen molar-refractivity contribution >= 4 is 23.3 Å². The number of benzene rings is 2. The summed E-state index contributed by atoms with van der Waals surface area (Å²) in [5.41, 5.74) is 3.45. The molecule has 0 aliphatic rings. The Morgan fingerprint density at radius 2 is 1.70 bits per heavy atom. The van der Waals surface area contributed by atoms with Gasteiger partial charge in [0, 0.05) is 16.8 Å². The molecule has 1 aromatic heterocycles. The Morgan fingerprint density at radius 3 is 2.37 bits per heavy atom. The van der Waals surface area contributed by atoms with Crippen molar-refractivity contribution in [1.29, 1.82) is 0 Å². The zero-order valence-corrected chi connectivity index (χ0v) is 17.0. The first-order chi connectivity index (χ1) is 14.3. The molecule has 2 aromatic carbocycles. The average Bonchev–Trinajstić information content (AvgIpc) is 2.74. The van der Waals surface area contributed by atoms with Gasteiger partial charge in [-0.3, -0.25) is 14.6 Å². The molecule has 0 saturated heterocycles. The number of carbonyl (C=O) groups is 3. The van der Waals surface area contributed by atoms with Gasteiger partial charge in [-0.2, -0.15) is 0 Å². The molecular formula is C24H22N2O4. The monoisotopic (exact) mass is 402 g/mol. The Balaban J connectivity index is 1.67. The first-order valence-electron chi connectivity index (χ1n) is 9.51. The summed E-state index contributed by atoms with van der Waals surface area (Å²) in [4.78, 5) is 40.9. The molecule has 1 amide bonds. The summed E-state index contributed by atoms with van der Waals surface area (Å²) < 4.78 is 5.32. The van der Waals surface area contributed by atoms with Gasteiger partial charge in [0.1, 0.15) is 0 Å². The number of anilines is 1. The van der Waals surface area contributed by atoms with Crippen LogP contribution in [-0.4, -0.2) is 28.7 Å². The molecule has 0 bridgehead atoms. The topological polar surface area (TPSA) is 85.4 Å². The van der Waals surface area contributed by atoms with Crippen LogP contribution >= 0.6 is 0 Å². The number of amides is 1. The number of nitrogens with zero attached hydrogens (tertiary/aromatic N) is 1. The van der Waals surface area contributed by atoms with Gasteiger partial charge in [-0.15, -0.1) is 0 Å². The summed E-state index contributed by atoms with van der Waals surface area (Å²) in [6, 6.07) is 19.6. The molecule has 0 aliphatic carbocycles. The van der Waals surface area contributed by atoms with Crippen LogP contribution in [0, 0.1) is 6.92 Å². The second-order valence-corrected chi connectivity index (χ2v) is 6.87. The van der Waals surface area contributed by atoms with E-state index in [1.54, 1.807) is 43.3 Å². The number of hydrogen-bond donors (Lipinski definition) is 1. The van der Waals surface area contributed by atoms with E-state index in [0.717, 1.165) is 11.3 Å². The third-order valence-electron chi connectivity index (χ3n) is 4.56. The summed E-state index contributed by atoms with van der Waals surface area (Å²) in [6.07, 6.45) is -1.02. The van der Waals surface area contributed by atoms with Crippen LogP contribution in [0.4, 0.5) is 5.69 Å². The number of pyridine rings is 1. The van der Waals surface area contributed by atoms with Crippen LogP contribution in [0.2, 0.25) is 0 Å². The maximum Gasteiger partial charge on any atom is 0.340 e. The van der Waals surface area contributed by atoms with Gasteiger partial charge in [-0.05, 0) is 45.0 Å². The van der Waals surface area contributed by atoms with Crippen LogP contribution in [0.5, 0.6) is 0 Å². The Bertz CT molecular complexity index is 1090. The fourth-order valence-electron chi connectivity index (χ4n) is 2.88. The average molecular weight is 402 g/mol. The maximum absolute atomic E-state index is 12.5. The Kier molecular flexibility index (Phi) is 6.37. The summed E-state index contributed by atoms with van der Waals surface area (Å²) in [7, 11) is 0. The van der Waals surface area contributed by atoms with Crippen molar-refractivity contribution in [2.45, 2.75) is 26.9 Å². The van der Waals surface area contributed by atoms with Crippen molar-refractivity contribution in [2.75, 3.05) is 5.32 Å². The summed E-state index contributed by atoms with van der Waals surface area (Å²) in [5.74, 6) is -1.22. The van der Waals surface area contributed by atoms with Crippen LogP contribution in [0.1, 0.15) is 40.3 Å². The normalized spacial score (nSPS) is 11.4. The summed E-state index contributed by atoms with van der Waals surface area (Å²) in [6.45, 7) is 4.66. The third kappa shape index (κ3) is 4.97. The lowest BCUT2D eigenvalue weighted by molar-refractivity contribution is -0.123. The van der Waals surface area contributed by atoms with Gasteiger partial charge >= 0.3 is 5.97 Å². The van der Waals surface area contributed by atoms with Gasteiger partial charge in [-0.25, -0.2) is 4.79 Å². The van der Waals surface area contributed by atoms with Gasteiger partial charge in [0.15, 0.2) is 11.9 Å². The molecule has 0 radical (unpaired) electrons. The van der Waals surface area contributed by atoms with Crippen molar-refractivity contribution < 1.29 is 19.1 Å². The van der Waals surface area contributed by atoms with Crippen molar-refractivity contribution in [2.24, 2.45) is 0 Å². The highest BCUT2D eigenvalue weighted by Crippen LogP contribution is 2.19. The van der Waals surface area contributed by atoms with Crippen LogP contribution in [0.15, 0.2) is 66.7 Å². The molecule has 3 aromatic rings. The molecular weight excluding hydrogens is 380 g/mol. The highest BCUT2D eigenvalue weighted by Gasteiger charge is 2.21. The van der Waals surface area contributed by atoms with E-state index in [9.17, 15) is 14.4 Å². The molecule has 1 atom stereocenters. The number of nitrogens with one attached hydrogen (secondary N) is 1. The molecule has 0 aliphatic heterocycles. The lowest BCUT2D eigenvalue weighted by atomic mass is 10.1. The fraction of sp³-hybridized carbons (Fsp3) is 0.167. The zero-order chi connectivity index (χ0) is 21.7. The predicted octanol–water partition coefficient (Wildman–Crippen LogP) is 4.44. The number of aromatic nitrogens is 1. The second-order valence-electron chi connectivity index (χ2n) is 6.87. The first-order valence-corrected chi connectivity index (χ1v) is 9.51. The number of ether oxygens (including phenoxy) is 1. The fourth-order valence-corrected chi connectivity index (χ4v) is 2.88. The molecule has 1 N–H and O–H groups in total. The van der Waals surface area contributed by atoms with Crippen molar-refractivity contribution in [1.82, 2.24) is 4.98 Å². The Morgan fingerprint density at radius 1 is 0.967 bits per heavy atom. The standard InChI is InChI=1S/C24H22N2O4/c1-15-21(12-13-22(25-15)18-8-5-4-6-9-18)24(29)30-17(3)23(28)26-20-11-7-10-19(14-20)16(2)27/h4-14,17H,1-3H3,(H,26,28). The molecule has 1 heterocycles. The van der Waals surface area contributed by atoms with Gasteiger partial charge in [0.05, 0.1) is 17.0 Å². The van der Waals surface area contributed by atoms with Crippen LogP contribution in [0.3, 0.4) is 0 Å². The lowest BCUT2D eigenvalue weighted by Gasteiger charge is -2.15. The van der Waals surface area contributed by atoms with Crippen molar-refractivity contribution in [3.8, 4) is 11.3 Å². The van der Waals surface area contributed by atoms with E-state index in [2.05, 4.69) is 10.3 Å². The number of ketones is 1.